The van der Waals surface area contributed by atoms with E-state index in [0.717, 1.165) is 11.3 Å². The molecule has 7 nitrogen and oxygen atoms in total. The predicted octanol–water partition coefficient (Wildman–Crippen LogP) is 0.976. The zero-order valence-corrected chi connectivity index (χ0v) is 10.7. The summed E-state index contributed by atoms with van der Waals surface area (Å²) in [6.45, 7) is 0.0301. The number of nitrogens with one attached hydrogen (secondary N) is 1. The third-order valence-electron chi connectivity index (χ3n) is 2.08. The van der Waals surface area contributed by atoms with Crippen molar-refractivity contribution >= 4 is 22.3 Å². The van der Waals surface area contributed by atoms with E-state index in [-0.39, 0.29) is 17.5 Å². The number of carbonyl (C=O) groups excluding carboxylic acids is 1. The summed E-state index contributed by atoms with van der Waals surface area (Å²) in [4.78, 5) is 12.6. The highest BCUT2D eigenvalue weighted by atomic mass is 32.1. The third-order valence-corrected chi connectivity index (χ3v) is 2.98. The number of halogens is 3. The van der Waals surface area contributed by atoms with Crippen molar-refractivity contribution in [3.05, 3.63) is 10.8 Å². The Morgan fingerprint density at radius 2 is 2.11 bits per heavy atom. The molecule has 0 aliphatic rings. The first-order valence-corrected chi connectivity index (χ1v) is 5.84. The van der Waals surface area contributed by atoms with E-state index in [2.05, 4.69) is 20.6 Å². The molecule has 0 radical (unpaired) electrons. The molecule has 0 aliphatic carbocycles. The lowest BCUT2D eigenvalue weighted by Crippen LogP contribution is -2.33. The van der Waals surface area contributed by atoms with Gasteiger partial charge in [-0.2, -0.15) is 22.8 Å². The first-order valence-electron chi connectivity index (χ1n) is 5.02. The van der Waals surface area contributed by atoms with Gasteiger partial charge in [0, 0.05) is 14.1 Å². The van der Waals surface area contributed by atoms with E-state index in [9.17, 15) is 18.0 Å². The minimum atomic E-state index is -4.61. The largest absolute Gasteiger partial charge is 0.453 e. The molecule has 2 amide bonds. The Morgan fingerprint density at radius 1 is 1.42 bits per heavy atom. The minimum Gasteiger partial charge on any atom is -0.331 e. The number of nitrogens with zero attached hydrogens (tertiary/aromatic N) is 5. The maximum Gasteiger partial charge on any atom is 0.453 e. The Labute approximate surface area is 109 Å². The van der Waals surface area contributed by atoms with E-state index < -0.39 is 12.0 Å². The van der Waals surface area contributed by atoms with Gasteiger partial charge in [0.05, 0.1) is 6.54 Å². The number of amides is 2. The molecule has 0 saturated carbocycles. The molecule has 2 rings (SSSR count). The Hall–Kier alpha value is -1.91. The van der Waals surface area contributed by atoms with Gasteiger partial charge >= 0.3 is 12.2 Å². The van der Waals surface area contributed by atoms with Gasteiger partial charge in [-0.25, -0.2) is 4.79 Å². The van der Waals surface area contributed by atoms with E-state index in [1.807, 2.05) is 0 Å². The van der Waals surface area contributed by atoms with Crippen LogP contribution in [0.5, 0.6) is 0 Å². The molecule has 19 heavy (non-hydrogen) atoms. The third kappa shape index (κ3) is 2.75. The molecule has 2 heterocycles. The predicted molar refractivity (Wildman–Crippen MR) is 59.6 cm³/mol. The van der Waals surface area contributed by atoms with Crippen molar-refractivity contribution in [3.63, 3.8) is 0 Å². The van der Waals surface area contributed by atoms with E-state index in [4.69, 9.17) is 0 Å². The highest BCUT2D eigenvalue weighted by Gasteiger charge is 2.38. The van der Waals surface area contributed by atoms with Crippen LogP contribution in [0.3, 0.4) is 0 Å². The highest BCUT2D eigenvalue weighted by Crippen LogP contribution is 2.28. The molecular formula is C8H9F3N6OS. The minimum absolute atomic E-state index is 0.0291. The van der Waals surface area contributed by atoms with E-state index in [1.165, 1.54) is 4.90 Å². The fourth-order valence-corrected chi connectivity index (χ4v) is 1.99. The Kier molecular flexibility index (Phi) is 3.30. The van der Waals surface area contributed by atoms with Gasteiger partial charge in [-0.3, -0.25) is 0 Å². The number of hydrogen-bond acceptors (Lipinski definition) is 5. The number of fused-ring (bicyclic) bond motifs is 1. The van der Waals surface area contributed by atoms with Crippen molar-refractivity contribution in [3.8, 4) is 0 Å². The normalized spacial score (nSPS) is 11.8. The van der Waals surface area contributed by atoms with Crippen molar-refractivity contribution in [1.82, 2.24) is 30.0 Å². The summed E-state index contributed by atoms with van der Waals surface area (Å²) in [6, 6.07) is -0.359. The number of rotatable bonds is 2. The average molecular weight is 294 g/mol. The van der Waals surface area contributed by atoms with Crippen LogP contribution in [-0.4, -0.2) is 44.8 Å². The second kappa shape index (κ2) is 4.64. The van der Waals surface area contributed by atoms with Crippen LogP contribution in [0.25, 0.3) is 4.96 Å². The summed E-state index contributed by atoms with van der Waals surface area (Å²) in [5, 5.41) is 13.0. The number of hydrogen-bond donors (Lipinski definition) is 1. The van der Waals surface area contributed by atoms with Gasteiger partial charge in [-0.05, 0) is 0 Å². The summed E-state index contributed by atoms with van der Waals surface area (Å²) >= 11 is 0.933. The molecule has 0 spiro atoms. The SMILES string of the molecule is CN(C)C(=O)NCc1nn2c(C(F)(F)F)nnc2s1. The molecule has 0 aromatic carbocycles. The van der Waals surface area contributed by atoms with Crippen LogP contribution < -0.4 is 5.32 Å². The van der Waals surface area contributed by atoms with Crippen molar-refractivity contribution in [1.29, 1.82) is 0 Å². The van der Waals surface area contributed by atoms with Crippen LogP contribution in [0, 0.1) is 0 Å². The lowest BCUT2D eigenvalue weighted by Gasteiger charge is -2.10. The van der Waals surface area contributed by atoms with Gasteiger partial charge in [-0.15, -0.1) is 10.2 Å². The summed E-state index contributed by atoms with van der Waals surface area (Å²) in [6.07, 6.45) is -4.61. The zero-order chi connectivity index (χ0) is 14.2. The molecule has 0 unspecified atom stereocenters. The van der Waals surface area contributed by atoms with E-state index in [1.54, 1.807) is 14.1 Å². The van der Waals surface area contributed by atoms with Crippen LogP contribution in [0.4, 0.5) is 18.0 Å². The van der Waals surface area contributed by atoms with Crippen molar-refractivity contribution < 1.29 is 18.0 Å². The van der Waals surface area contributed by atoms with Crippen LogP contribution in [0.1, 0.15) is 10.8 Å². The highest BCUT2D eigenvalue weighted by molar-refractivity contribution is 7.16. The maximum atomic E-state index is 12.5. The summed E-state index contributed by atoms with van der Waals surface area (Å²) in [7, 11) is 3.10. The van der Waals surface area contributed by atoms with Crippen molar-refractivity contribution in [2.24, 2.45) is 0 Å². The van der Waals surface area contributed by atoms with E-state index in [0.29, 0.717) is 9.52 Å². The van der Waals surface area contributed by atoms with Crippen molar-refractivity contribution in [2.45, 2.75) is 12.7 Å². The Morgan fingerprint density at radius 3 is 2.68 bits per heavy atom. The first-order chi connectivity index (χ1) is 8.79. The van der Waals surface area contributed by atoms with E-state index >= 15 is 0 Å². The Bertz CT molecular complexity index is 603. The number of alkyl halides is 3. The number of carbonyl (C=O) groups is 1. The fraction of sp³-hybridized carbons (Fsp3) is 0.500. The summed E-state index contributed by atoms with van der Waals surface area (Å²) < 4.78 is 38.3. The van der Waals surface area contributed by atoms with Gasteiger partial charge in [0.2, 0.25) is 4.96 Å². The fourth-order valence-electron chi connectivity index (χ4n) is 1.21. The molecule has 0 saturated heterocycles. The van der Waals surface area contributed by atoms with Gasteiger partial charge in [-0.1, -0.05) is 11.3 Å². The number of aromatic nitrogens is 4. The zero-order valence-electron chi connectivity index (χ0n) is 9.89. The molecule has 2 aromatic heterocycles. The molecule has 0 atom stereocenters. The van der Waals surface area contributed by atoms with Crippen LogP contribution in [0.15, 0.2) is 0 Å². The lowest BCUT2D eigenvalue weighted by atomic mass is 10.6. The first kappa shape index (κ1) is 13.5. The number of urea groups is 1. The summed E-state index contributed by atoms with van der Waals surface area (Å²) in [5.41, 5.74) is 0. The molecule has 1 N–H and O–H groups in total. The molecule has 0 aliphatic heterocycles. The Balaban J connectivity index is 2.19. The van der Waals surface area contributed by atoms with Gasteiger partial charge < -0.3 is 10.2 Å². The van der Waals surface area contributed by atoms with Gasteiger partial charge in [0.15, 0.2) is 0 Å². The second-order valence-corrected chi connectivity index (χ2v) is 4.81. The van der Waals surface area contributed by atoms with Crippen LogP contribution in [-0.2, 0) is 12.7 Å². The molecule has 2 aromatic rings. The quantitative estimate of drug-likeness (QED) is 0.895. The van der Waals surface area contributed by atoms with Crippen LogP contribution >= 0.6 is 11.3 Å². The average Bonchev–Trinajstić information content (AvgIpc) is 2.82. The summed E-state index contributed by atoms with van der Waals surface area (Å²) in [5.74, 6) is -1.18. The van der Waals surface area contributed by atoms with Crippen LogP contribution in [0.2, 0.25) is 0 Å². The standard InChI is InChI=1S/C8H9F3N6OS/c1-16(2)6(18)12-3-4-15-17-5(8(9,10)11)13-14-7(17)19-4/h3H2,1-2H3,(H,12,18). The second-order valence-electron chi connectivity index (χ2n) is 3.76. The molecular weight excluding hydrogens is 285 g/mol. The smallest absolute Gasteiger partial charge is 0.331 e. The monoisotopic (exact) mass is 294 g/mol. The van der Waals surface area contributed by atoms with Gasteiger partial charge in [0.25, 0.3) is 5.82 Å². The van der Waals surface area contributed by atoms with Gasteiger partial charge in [0.1, 0.15) is 5.01 Å². The molecule has 104 valence electrons. The topological polar surface area (TPSA) is 75.4 Å². The lowest BCUT2D eigenvalue weighted by molar-refractivity contribution is -0.146. The van der Waals surface area contributed by atoms with Crippen molar-refractivity contribution in [2.75, 3.05) is 14.1 Å². The molecule has 0 bridgehead atoms. The molecule has 11 heteroatoms. The maximum absolute atomic E-state index is 12.5. The molecule has 0 fully saturated rings.